The smallest absolute Gasteiger partial charge is 0.417 e. The van der Waals surface area contributed by atoms with Gasteiger partial charge in [-0.2, -0.15) is 18.4 Å². The lowest BCUT2D eigenvalue weighted by Crippen LogP contribution is -2.05. The maximum atomic E-state index is 12.6. The minimum absolute atomic E-state index is 0.0734. The summed E-state index contributed by atoms with van der Waals surface area (Å²) in [6.07, 6.45) is -2.35. The highest BCUT2D eigenvalue weighted by Gasteiger charge is 2.30. The van der Waals surface area contributed by atoms with E-state index in [1.807, 2.05) is 6.07 Å². The molecule has 0 radical (unpaired) electrons. The van der Waals surface area contributed by atoms with Crippen LogP contribution in [-0.2, 0) is 6.18 Å². The Balaban J connectivity index is 2.50. The predicted octanol–water partition coefficient (Wildman–Crippen LogP) is 4.19. The van der Waals surface area contributed by atoms with Crippen molar-refractivity contribution in [2.75, 3.05) is 21.3 Å². The summed E-state index contributed by atoms with van der Waals surface area (Å²) < 4.78 is 53.6. The standard InChI is InChI=1S/C18H15F3N2O3/c1-24-15-8-17(26-3)16(25-2)7-11(15)6-12(9-22)14-5-4-13(10-23-14)18(19,20)21/h4-8,10H,1-3H3/b12-6+. The Bertz CT molecular complexity index is 854. The molecule has 0 aliphatic heterocycles. The van der Waals surface area contributed by atoms with E-state index in [0.29, 0.717) is 29.0 Å². The SMILES string of the molecule is COc1cc(OC)c(OC)cc1/C=C(\C#N)c1ccc(C(F)(F)F)cn1. The van der Waals surface area contributed by atoms with Gasteiger partial charge in [0, 0.05) is 17.8 Å². The minimum atomic E-state index is -4.49. The second-order valence-electron chi connectivity index (χ2n) is 5.05. The van der Waals surface area contributed by atoms with Crippen LogP contribution in [0.1, 0.15) is 16.8 Å². The third-order valence-corrected chi connectivity index (χ3v) is 3.52. The van der Waals surface area contributed by atoms with Gasteiger partial charge in [0.25, 0.3) is 0 Å². The third-order valence-electron chi connectivity index (χ3n) is 3.52. The minimum Gasteiger partial charge on any atom is -0.496 e. The lowest BCUT2D eigenvalue weighted by Gasteiger charge is -2.12. The molecule has 0 unspecified atom stereocenters. The number of hydrogen-bond acceptors (Lipinski definition) is 5. The van der Waals surface area contributed by atoms with E-state index >= 15 is 0 Å². The van der Waals surface area contributed by atoms with Crippen molar-refractivity contribution < 1.29 is 27.4 Å². The highest BCUT2D eigenvalue weighted by molar-refractivity contribution is 5.89. The fourth-order valence-corrected chi connectivity index (χ4v) is 2.21. The number of ether oxygens (including phenoxy) is 3. The molecule has 1 aromatic carbocycles. The Hall–Kier alpha value is -3.21. The van der Waals surface area contributed by atoms with Gasteiger partial charge in [0.05, 0.1) is 38.2 Å². The van der Waals surface area contributed by atoms with Gasteiger partial charge < -0.3 is 14.2 Å². The maximum absolute atomic E-state index is 12.6. The molecule has 2 rings (SSSR count). The van der Waals surface area contributed by atoms with E-state index in [-0.39, 0.29) is 11.3 Å². The molecule has 0 fully saturated rings. The van der Waals surface area contributed by atoms with Gasteiger partial charge in [0.2, 0.25) is 0 Å². The molecule has 1 aromatic heterocycles. The third kappa shape index (κ3) is 4.06. The summed E-state index contributed by atoms with van der Waals surface area (Å²) >= 11 is 0. The predicted molar refractivity (Wildman–Crippen MR) is 88.8 cm³/mol. The molecule has 136 valence electrons. The van der Waals surface area contributed by atoms with Gasteiger partial charge in [-0.1, -0.05) is 0 Å². The summed E-state index contributed by atoms with van der Waals surface area (Å²) in [4.78, 5) is 3.74. The molecule has 1 heterocycles. The van der Waals surface area contributed by atoms with Crippen LogP contribution in [0.5, 0.6) is 17.2 Å². The Morgan fingerprint density at radius 3 is 2.12 bits per heavy atom. The molecule has 0 spiro atoms. The second-order valence-corrected chi connectivity index (χ2v) is 5.05. The molecule has 2 aromatic rings. The molecule has 26 heavy (non-hydrogen) atoms. The number of benzene rings is 1. The zero-order valence-electron chi connectivity index (χ0n) is 14.2. The average molecular weight is 364 g/mol. The van der Waals surface area contributed by atoms with Crippen molar-refractivity contribution in [3.05, 3.63) is 47.3 Å². The van der Waals surface area contributed by atoms with Gasteiger partial charge in [0.15, 0.2) is 11.5 Å². The van der Waals surface area contributed by atoms with Crippen molar-refractivity contribution in [2.45, 2.75) is 6.18 Å². The number of allylic oxidation sites excluding steroid dienone is 1. The fourth-order valence-electron chi connectivity index (χ4n) is 2.21. The largest absolute Gasteiger partial charge is 0.496 e. The van der Waals surface area contributed by atoms with Crippen LogP contribution < -0.4 is 14.2 Å². The van der Waals surface area contributed by atoms with Crippen LogP contribution >= 0.6 is 0 Å². The number of aromatic nitrogens is 1. The molecule has 0 N–H and O–H groups in total. The van der Waals surface area contributed by atoms with E-state index in [1.165, 1.54) is 27.4 Å². The number of hydrogen-bond donors (Lipinski definition) is 0. The molecular formula is C18H15F3N2O3. The Morgan fingerprint density at radius 1 is 1.04 bits per heavy atom. The first-order valence-electron chi connectivity index (χ1n) is 7.29. The number of halogens is 3. The molecule has 0 saturated carbocycles. The van der Waals surface area contributed by atoms with Crippen molar-refractivity contribution in [1.29, 1.82) is 5.26 Å². The summed E-state index contributed by atoms with van der Waals surface area (Å²) in [6.45, 7) is 0. The molecule has 0 atom stereocenters. The van der Waals surface area contributed by atoms with Crippen LogP contribution in [0.15, 0.2) is 30.5 Å². The Morgan fingerprint density at radius 2 is 1.65 bits per heavy atom. The van der Waals surface area contributed by atoms with Crippen molar-refractivity contribution in [1.82, 2.24) is 4.98 Å². The maximum Gasteiger partial charge on any atom is 0.417 e. The fraction of sp³-hybridized carbons (Fsp3) is 0.222. The number of alkyl halides is 3. The van der Waals surface area contributed by atoms with Crippen LogP contribution in [0, 0.1) is 11.3 Å². The van der Waals surface area contributed by atoms with Crippen LogP contribution in [0.4, 0.5) is 13.2 Å². The van der Waals surface area contributed by atoms with Crippen molar-refractivity contribution in [2.24, 2.45) is 0 Å². The first-order chi connectivity index (χ1) is 12.3. The summed E-state index contributed by atoms with van der Waals surface area (Å²) in [5.74, 6) is 1.26. The molecule has 0 aliphatic rings. The van der Waals surface area contributed by atoms with Crippen LogP contribution in [0.3, 0.4) is 0 Å². The number of pyridine rings is 1. The molecular weight excluding hydrogens is 349 g/mol. The normalized spacial score (nSPS) is 11.7. The zero-order valence-corrected chi connectivity index (χ0v) is 14.2. The molecule has 0 aliphatic carbocycles. The summed E-state index contributed by atoms with van der Waals surface area (Å²) in [5.41, 5.74) is -0.216. The summed E-state index contributed by atoms with van der Waals surface area (Å²) in [5, 5.41) is 9.38. The van der Waals surface area contributed by atoms with Crippen LogP contribution in [0.2, 0.25) is 0 Å². The van der Waals surface area contributed by atoms with Crippen molar-refractivity contribution in [3.8, 4) is 23.3 Å². The average Bonchev–Trinajstić information content (AvgIpc) is 2.64. The topological polar surface area (TPSA) is 64.4 Å². The van der Waals surface area contributed by atoms with Crippen LogP contribution in [-0.4, -0.2) is 26.3 Å². The highest BCUT2D eigenvalue weighted by Crippen LogP contribution is 2.36. The number of nitriles is 1. The Labute approximate surface area is 148 Å². The molecule has 5 nitrogen and oxygen atoms in total. The van der Waals surface area contributed by atoms with E-state index < -0.39 is 11.7 Å². The van der Waals surface area contributed by atoms with E-state index in [1.54, 1.807) is 12.1 Å². The molecule has 0 bridgehead atoms. The van der Waals surface area contributed by atoms with E-state index in [2.05, 4.69) is 4.98 Å². The van der Waals surface area contributed by atoms with E-state index in [4.69, 9.17) is 14.2 Å². The van der Waals surface area contributed by atoms with Gasteiger partial charge >= 0.3 is 6.18 Å². The van der Waals surface area contributed by atoms with Crippen LogP contribution in [0.25, 0.3) is 11.6 Å². The summed E-state index contributed by atoms with van der Waals surface area (Å²) in [6, 6.07) is 7.13. The number of nitrogens with zero attached hydrogens (tertiary/aromatic N) is 2. The molecule has 8 heteroatoms. The van der Waals surface area contributed by atoms with Crippen molar-refractivity contribution in [3.63, 3.8) is 0 Å². The second kappa shape index (κ2) is 7.78. The first kappa shape index (κ1) is 19.1. The Kier molecular flexibility index (Phi) is 5.72. The quantitative estimate of drug-likeness (QED) is 0.745. The first-order valence-corrected chi connectivity index (χ1v) is 7.29. The monoisotopic (exact) mass is 364 g/mol. The van der Waals surface area contributed by atoms with Crippen molar-refractivity contribution >= 4 is 11.6 Å². The zero-order chi connectivity index (χ0) is 19.3. The molecule has 0 saturated heterocycles. The van der Waals surface area contributed by atoms with Gasteiger partial charge in [-0.05, 0) is 24.3 Å². The van der Waals surface area contributed by atoms with E-state index in [0.717, 1.165) is 12.1 Å². The van der Waals surface area contributed by atoms with Gasteiger partial charge in [-0.15, -0.1) is 0 Å². The number of methoxy groups -OCH3 is 3. The van der Waals surface area contributed by atoms with Gasteiger partial charge in [-0.3, -0.25) is 4.98 Å². The van der Waals surface area contributed by atoms with Gasteiger partial charge in [0.1, 0.15) is 11.8 Å². The molecule has 0 amide bonds. The van der Waals surface area contributed by atoms with Gasteiger partial charge in [-0.25, -0.2) is 0 Å². The number of rotatable bonds is 5. The lowest BCUT2D eigenvalue weighted by atomic mass is 10.1. The lowest BCUT2D eigenvalue weighted by molar-refractivity contribution is -0.137. The summed E-state index contributed by atoms with van der Waals surface area (Å²) in [7, 11) is 4.38. The van der Waals surface area contributed by atoms with E-state index in [9.17, 15) is 18.4 Å². The highest BCUT2D eigenvalue weighted by atomic mass is 19.4.